The quantitative estimate of drug-likeness (QED) is 0.763. The van der Waals surface area contributed by atoms with Crippen molar-refractivity contribution in [3.05, 3.63) is 5.82 Å². The van der Waals surface area contributed by atoms with Gasteiger partial charge in [0.25, 0.3) is 0 Å². The summed E-state index contributed by atoms with van der Waals surface area (Å²) in [5.74, 6) is 2.63. The number of nitrogens with one attached hydrogen (secondary N) is 1. The first kappa shape index (κ1) is 14.6. The Hall–Kier alpha value is -1.93. The van der Waals surface area contributed by atoms with Crippen molar-refractivity contribution in [2.24, 2.45) is 5.92 Å². The Labute approximate surface area is 134 Å². The normalized spacial score (nSPS) is 23.7. The van der Waals surface area contributed by atoms with E-state index < -0.39 is 0 Å². The molecule has 2 saturated heterocycles. The molecule has 2 aromatic heterocycles. The van der Waals surface area contributed by atoms with E-state index in [0.717, 1.165) is 51.0 Å². The molecule has 2 aliphatic heterocycles. The van der Waals surface area contributed by atoms with Crippen LogP contribution in [0.5, 0.6) is 0 Å². The molecule has 0 bridgehead atoms. The summed E-state index contributed by atoms with van der Waals surface area (Å²) < 4.78 is 5.44. The van der Waals surface area contributed by atoms with Gasteiger partial charge in [0.15, 0.2) is 11.5 Å². The molecule has 8 nitrogen and oxygen atoms in total. The number of fused-ring (bicyclic) bond motifs is 1. The Morgan fingerprint density at radius 2 is 1.96 bits per heavy atom. The van der Waals surface area contributed by atoms with Crippen molar-refractivity contribution >= 4 is 22.9 Å². The van der Waals surface area contributed by atoms with E-state index in [1.807, 2.05) is 0 Å². The van der Waals surface area contributed by atoms with Gasteiger partial charge in [-0.3, -0.25) is 0 Å². The maximum Gasteiger partial charge on any atom is 0.224 e. The average Bonchev–Trinajstić information content (AvgIpc) is 3.15. The van der Waals surface area contributed by atoms with Crippen molar-refractivity contribution in [3.8, 4) is 0 Å². The second-order valence-corrected chi connectivity index (χ2v) is 6.59. The maximum absolute atomic E-state index is 5.90. The number of rotatable bonds is 3. The van der Waals surface area contributed by atoms with E-state index in [2.05, 4.69) is 24.8 Å². The summed E-state index contributed by atoms with van der Waals surface area (Å²) >= 11 is 0. The molecule has 0 spiro atoms. The van der Waals surface area contributed by atoms with E-state index >= 15 is 0 Å². The molecular weight excluding hydrogens is 294 g/mol. The van der Waals surface area contributed by atoms with Gasteiger partial charge in [-0.05, 0) is 31.7 Å². The Morgan fingerprint density at radius 3 is 2.78 bits per heavy atom. The Kier molecular flexibility index (Phi) is 3.78. The van der Waals surface area contributed by atoms with E-state index in [1.165, 1.54) is 12.8 Å². The summed E-state index contributed by atoms with van der Waals surface area (Å²) in [6.45, 7) is 5.12. The fourth-order valence-electron chi connectivity index (χ4n) is 3.66. The number of nitrogen functional groups attached to an aromatic ring is 2. The number of anilines is 2. The van der Waals surface area contributed by atoms with Gasteiger partial charge in [-0.2, -0.15) is 9.97 Å². The van der Waals surface area contributed by atoms with Crippen molar-refractivity contribution < 1.29 is 4.74 Å². The minimum absolute atomic E-state index is 0.167. The van der Waals surface area contributed by atoms with Crippen LogP contribution in [0.25, 0.3) is 11.2 Å². The van der Waals surface area contributed by atoms with Gasteiger partial charge in [0, 0.05) is 32.2 Å². The van der Waals surface area contributed by atoms with Gasteiger partial charge in [-0.25, -0.2) is 4.98 Å². The zero-order chi connectivity index (χ0) is 15.8. The SMILES string of the molecule is Nc1nc(N)c2[nH]c(C3CCN(CC4CCOCC4)C3)nc2n1. The maximum atomic E-state index is 5.90. The van der Waals surface area contributed by atoms with Crippen molar-refractivity contribution in [3.63, 3.8) is 0 Å². The van der Waals surface area contributed by atoms with Gasteiger partial charge in [0.05, 0.1) is 0 Å². The van der Waals surface area contributed by atoms with Crippen molar-refractivity contribution in [2.75, 3.05) is 44.3 Å². The molecule has 4 rings (SSSR count). The van der Waals surface area contributed by atoms with Crippen molar-refractivity contribution in [2.45, 2.75) is 25.2 Å². The van der Waals surface area contributed by atoms with Crippen LogP contribution in [0, 0.1) is 5.92 Å². The number of aromatic amines is 1. The van der Waals surface area contributed by atoms with Gasteiger partial charge in [0.2, 0.25) is 5.95 Å². The minimum Gasteiger partial charge on any atom is -0.382 e. The second-order valence-electron chi connectivity index (χ2n) is 6.59. The molecule has 0 aliphatic carbocycles. The molecule has 8 heteroatoms. The zero-order valence-electron chi connectivity index (χ0n) is 13.2. The minimum atomic E-state index is 0.167. The number of likely N-dealkylation sites (tertiary alicyclic amines) is 1. The van der Waals surface area contributed by atoms with Gasteiger partial charge in [-0.15, -0.1) is 0 Å². The molecule has 1 unspecified atom stereocenters. The van der Waals surface area contributed by atoms with Gasteiger partial charge in [-0.1, -0.05) is 0 Å². The summed E-state index contributed by atoms with van der Waals surface area (Å²) in [6, 6.07) is 0. The van der Waals surface area contributed by atoms with Crippen molar-refractivity contribution in [1.82, 2.24) is 24.8 Å². The highest BCUT2D eigenvalue weighted by molar-refractivity contribution is 5.82. The molecular formula is C15H23N7O. The Bertz CT molecular complexity index is 694. The highest BCUT2D eigenvalue weighted by Gasteiger charge is 2.28. The molecule has 2 aliphatic rings. The molecule has 5 N–H and O–H groups in total. The van der Waals surface area contributed by atoms with Gasteiger partial charge >= 0.3 is 0 Å². The monoisotopic (exact) mass is 317 g/mol. The lowest BCUT2D eigenvalue weighted by molar-refractivity contribution is 0.0553. The molecule has 0 aromatic carbocycles. The number of nitrogens with zero attached hydrogens (tertiary/aromatic N) is 4. The lowest BCUT2D eigenvalue weighted by atomic mass is 10.00. The van der Waals surface area contributed by atoms with Crippen LogP contribution in [0.15, 0.2) is 0 Å². The first-order valence-corrected chi connectivity index (χ1v) is 8.27. The number of ether oxygens (including phenoxy) is 1. The van der Waals surface area contributed by atoms with Gasteiger partial charge in [0.1, 0.15) is 11.3 Å². The largest absolute Gasteiger partial charge is 0.382 e. The number of hydrogen-bond donors (Lipinski definition) is 3. The molecule has 4 heterocycles. The molecule has 23 heavy (non-hydrogen) atoms. The predicted octanol–water partition coefficient (Wildman–Crippen LogP) is 0.733. The van der Waals surface area contributed by atoms with Crippen LogP contribution in [-0.4, -0.2) is 57.7 Å². The molecule has 0 radical (unpaired) electrons. The summed E-state index contributed by atoms with van der Waals surface area (Å²) in [5.41, 5.74) is 12.8. The molecule has 124 valence electrons. The smallest absolute Gasteiger partial charge is 0.224 e. The Morgan fingerprint density at radius 1 is 1.13 bits per heavy atom. The van der Waals surface area contributed by atoms with Crippen LogP contribution in [0.1, 0.15) is 31.0 Å². The molecule has 2 aromatic rings. The summed E-state index contributed by atoms with van der Waals surface area (Å²) in [7, 11) is 0. The number of nitrogens with two attached hydrogens (primary N) is 2. The third kappa shape index (κ3) is 2.96. The fourth-order valence-corrected chi connectivity index (χ4v) is 3.66. The molecule has 1 atom stereocenters. The Balaban J connectivity index is 1.46. The number of imidazole rings is 1. The third-order valence-electron chi connectivity index (χ3n) is 4.93. The summed E-state index contributed by atoms with van der Waals surface area (Å²) in [6.07, 6.45) is 3.46. The van der Waals surface area contributed by atoms with Crippen LogP contribution in [0.2, 0.25) is 0 Å². The van der Waals surface area contributed by atoms with E-state index in [4.69, 9.17) is 16.2 Å². The van der Waals surface area contributed by atoms with E-state index in [-0.39, 0.29) is 5.95 Å². The molecule has 0 saturated carbocycles. The number of hydrogen-bond acceptors (Lipinski definition) is 7. The molecule has 2 fully saturated rings. The van der Waals surface area contributed by atoms with E-state index in [0.29, 0.717) is 22.9 Å². The van der Waals surface area contributed by atoms with E-state index in [9.17, 15) is 0 Å². The first-order chi connectivity index (χ1) is 11.2. The lowest BCUT2D eigenvalue weighted by Gasteiger charge is -2.26. The number of aromatic nitrogens is 4. The topological polar surface area (TPSA) is 119 Å². The highest BCUT2D eigenvalue weighted by atomic mass is 16.5. The fraction of sp³-hybridized carbons (Fsp3) is 0.667. The summed E-state index contributed by atoms with van der Waals surface area (Å²) in [4.78, 5) is 18.6. The lowest BCUT2D eigenvalue weighted by Crippen LogP contribution is -2.30. The van der Waals surface area contributed by atoms with Crippen LogP contribution in [0.3, 0.4) is 0 Å². The van der Waals surface area contributed by atoms with Gasteiger partial charge < -0.3 is 26.1 Å². The predicted molar refractivity (Wildman–Crippen MR) is 87.8 cm³/mol. The highest BCUT2D eigenvalue weighted by Crippen LogP contribution is 2.29. The number of H-pyrrole nitrogens is 1. The van der Waals surface area contributed by atoms with E-state index in [1.54, 1.807) is 0 Å². The standard InChI is InChI=1S/C15H23N7O/c16-12-11-14(21-15(17)19-12)20-13(18-11)10-1-4-22(8-10)7-9-2-5-23-6-3-9/h9-10H,1-8H2,(H5,16,17,18,19,20,21). The molecule has 0 amide bonds. The average molecular weight is 317 g/mol. The first-order valence-electron chi connectivity index (χ1n) is 8.27. The van der Waals surface area contributed by atoms with Crippen LogP contribution >= 0.6 is 0 Å². The van der Waals surface area contributed by atoms with Crippen molar-refractivity contribution in [1.29, 1.82) is 0 Å². The van der Waals surface area contributed by atoms with Crippen LogP contribution < -0.4 is 11.5 Å². The summed E-state index contributed by atoms with van der Waals surface area (Å²) in [5, 5.41) is 0. The van der Waals surface area contributed by atoms with Crippen LogP contribution in [-0.2, 0) is 4.74 Å². The third-order valence-corrected chi connectivity index (χ3v) is 4.93. The second kappa shape index (κ2) is 5.93. The van der Waals surface area contributed by atoms with Crippen LogP contribution in [0.4, 0.5) is 11.8 Å². The zero-order valence-corrected chi connectivity index (χ0v) is 13.2.